The van der Waals surface area contributed by atoms with Crippen LogP contribution in [0, 0.1) is 0 Å². The van der Waals surface area contributed by atoms with Crippen LogP contribution in [-0.2, 0) is 9.53 Å². The van der Waals surface area contributed by atoms with E-state index in [0.717, 1.165) is 32.2 Å². The van der Waals surface area contributed by atoms with E-state index in [9.17, 15) is 4.79 Å². The maximum absolute atomic E-state index is 9.98. The molecule has 1 rings (SSSR count). The minimum Gasteiger partial charge on any atom is -0.501 e. The first-order valence-corrected chi connectivity index (χ1v) is 3.66. The third-order valence-corrected chi connectivity index (χ3v) is 1.59. The Morgan fingerprint density at radius 2 is 2.60 bits per heavy atom. The number of carbonyl (C=O) groups excluding carboxylic acids is 1. The Hall–Kier alpha value is -0.790. The van der Waals surface area contributed by atoms with Crippen molar-refractivity contribution in [1.82, 2.24) is 0 Å². The Bertz CT molecular complexity index is 138. The van der Waals surface area contributed by atoms with E-state index in [-0.39, 0.29) is 0 Å². The second-order valence-corrected chi connectivity index (χ2v) is 2.46. The molecule has 1 heterocycles. The van der Waals surface area contributed by atoms with Gasteiger partial charge in [0.05, 0.1) is 12.9 Å². The number of hydrogen-bond donors (Lipinski definition) is 0. The van der Waals surface area contributed by atoms with Crippen LogP contribution in [-0.4, -0.2) is 12.9 Å². The van der Waals surface area contributed by atoms with Gasteiger partial charge >= 0.3 is 0 Å². The van der Waals surface area contributed by atoms with Crippen molar-refractivity contribution in [2.75, 3.05) is 6.61 Å². The Labute approximate surface area is 60.9 Å². The maximum Gasteiger partial charge on any atom is 0.120 e. The van der Waals surface area contributed by atoms with Gasteiger partial charge in [0.1, 0.15) is 6.29 Å². The number of hydrogen-bond acceptors (Lipinski definition) is 2. The summed E-state index contributed by atoms with van der Waals surface area (Å²) in [5.41, 5.74) is 1.28. The Morgan fingerprint density at radius 3 is 3.20 bits per heavy atom. The molecule has 56 valence electrons. The highest BCUT2D eigenvalue weighted by molar-refractivity contribution is 5.49. The van der Waals surface area contributed by atoms with Gasteiger partial charge < -0.3 is 9.53 Å². The van der Waals surface area contributed by atoms with Crippen molar-refractivity contribution >= 4 is 6.29 Å². The summed E-state index contributed by atoms with van der Waals surface area (Å²) < 4.78 is 5.10. The topological polar surface area (TPSA) is 26.3 Å². The van der Waals surface area contributed by atoms with E-state index < -0.39 is 0 Å². The van der Waals surface area contributed by atoms with E-state index in [4.69, 9.17) is 4.74 Å². The lowest BCUT2D eigenvalue weighted by Crippen LogP contribution is -1.98. The summed E-state index contributed by atoms with van der Waals surface area (Å²) >= 11 is 0. The van der Waals surface area contributed by atoms with Crippen LogP contribution in [0.3, 0.4) is 0 Å². The van der Waals surface area contributed by atoms with Gasteiger partial charge in [-0.05, 0) is 24.8 Å². The summed E-state index contributed by atoms with van der Waals surface area (Å²) in [6, 6.07) is 0. The van der Waals surface area contributed by atoms with E-state index in [2.05, 4.69) is 0 Å². The van der Waals surface area contributed by atoms with Gasteiger partial charge in [0.15, 0.2) is 0 Å². The van der Waals surface area contributed by atoms with Crippen molar-refractivity contribution in [3.63, 3.8) is 0 Å². The average molecular weight is 140 g/mol. The van der Waals surface area contributed by atoms with E-state index >= 15 is 0 Å². The SMILES string of the molecule is O=CCCC1=COCCC1. The van der Waals surface area contributed by atoms with Crippen LogP contribution in [0.5, 0.6) is 0 Å². The molecule has 0 radical (unpaired) electrons. The summed E-state index contributed by atoms with van der Waals surface area (Å²) in [7, 11) is 0. The number of rotatable bonds is 3. The zero-order valence-electron chi connectivity index (χ0n) is 6.01. The molecular weight excluding hydrogens is 128 g/mol. The second-order valence-electron chi connectivity index (χ2n) is 2.46. The van der Waals surface area contributed by atoms with Gasteiger partial charge in [-0.2, -0.15) is 0 Å². The third kappa shape index (κ3) is 2.21. The predicted molar refractivity (Wildman–Crippen MR) is 38.6 cm³/mol. The molecule has 0 aromatic rings. The Balaban J connectivity index is 2.24. The zero-order valence-corrected chi connectivity index (χ0v) is 6.01. The molecule has 0 amide bonds. The molecule has 0 aliphatic carbocycles. The summed E-state index contributed by atoms with van der Waals surface area (Å²) in [6.45, 7) is 0.838. The molecule has 0 saturated heterocycles. The molecule has 0 aromatic carbocycles. The maximum atomic E-state index is 9.98. The fourth-order valence-corrected chi connectivity index (χ4v) is 1.05. The molecule has 0 fully saturated rings. The molecular formula is C8H12O2. The molecule has 0 aromatic heterocycles. The summed E-state index contributed by atoms with van der Waals surface area (Å²) in [4.78, 5) is 9.98. The minimum absolute atomic E-state index is 0.634. The van der Waals surface area contributed by atoms with E-state index in [1.54, 1.807) is 6.26 Å². The highest BCUT2D eigenvalue weighted by Crippen LogP contribution is 2.15. The van der Waals surface area contributed by atoms with Crippen molar-refractivity contribution in [3.05, 3.63) is 11.8 Å². The minimum atomic E-state index is 0.634. The van der Waals surface area contributed by atoms with Crippen LogP contribution in [0.1, 0.15) is 25.7 Å². The fraction of sp³-hybridized carbons (Fsp3) is 0.625. The first-order chi connectivity index (χ1) is 4.93. The van der Waals surface area contributed by atoms with Crippen LogP contribution in [0.15, 0.2) is 11.8 Å². The fourth-order valence-electron chi connectivity index (χ4n) is 1.05. The van der Waals surface area contributed by atoms with Crippen LogP contribution in [0.25, 0.3) is 0 Å². The summed E-state index contributed by atoms with van der Waals surface area (Å²) in [5.74, 6) is 0. The van der Waals surface area contributed by atoms with Crippen molar-refractivity contribution in [3.8, 4) is 0 Å². The third-order valence-electron chi connectivity index (χ3n) is 1.59. The van der Waals surface area contributed by atoms with Gasteiger partial charge in [-0.25, -0.2) is 0 Å². The molecule has 1 aliphatic heterocycles. The molecule has 0 spiro atoms. The van der Waals surface area contributed by atoms with Gasteiger partial charge in [-0.3, -0.25) is 0 Å². The van der Waals surface area contributed by atoms with Crippen LogP contribution in [0.4, 0.5) is 0 Å². The smallest absolute Gasteiger partial charge is 0.120 e. The van der Waals surface area contributed by atoms with Crippen molar-refractivity contribution in [1.29, 1.82) is 0 Å². The first kappa shape index (κ1) is 7.32. The molecule has 0 atom stereocenters. The molecule has 0 N–H and O–H groups in total. The average Bonchev–Trinajstić information content (AvgIpc) is 2.03. The van der Waals surface area contributed by atoms with Gasteiger partial charge in [-0.1, -0.05) is 0 Å². The quantitative estimate of drug-likeness (QED) is 0.557. The molecule has 0 bridgehead atoms. The monoisotopic (exact) mass is 140 g/mol. The number of ether oxygens (including phenoxy) is 1. The lowest BCUT2D eigenvalue weighted by atomic mass is 10.1. The summed E-state index contributed by atoms with van der Waals surface area (Å²) in [5, 5.41) is 0. The largest absolute Gasteiger partial charge is 0.501 e. The van der Waals surface area contributed by atoms with Crippen LogP contribution < -0.4 is 0 Å². The van der Waals surface area contributed by atoms with E-state index in [0.29, 0.717) is 6.42 Å². The highest BCUT2D eigenvalue weighted by Gasteiger charge is 2.02. The Morgan fingerprint density at radius 1 is 1.70 bits per heavy atom. The van der Waals surface area contributed by atoms with E-state index in [1.165, 1.54) is 5.57 Å². The number of aldehydes is 1. The standard InChI is InChI=1S/C8H12O2/c9-5-1-3-8-4-2-6-10-7-8/h5,7H,1-4,6H2. The number of carbonyl (C=O) groups is 1. The van der Waals surface area contributed by atoms with Crippen LogP contribution >= 0.6 is 0 Å². The van der Waals surface area contributed by atoms with Crippen molar-refractivity contribution in [2.24, 2.45) is 0 Å². The highest BCUT2D eigenvalue weighted by atomic mass is 16.5. The second kappa shape index (κ2) is 4.09. The molecule has 0 saturated carbocycles. The molecule has 1 aliphatic rings. The molecule has 10 heavy (non-hydrogen) atoms. The molecule has 2 nitrogen and oxygen atoms in total. The normalized spacial score (nSPS) is 17.4. The van der Waals surface area contributed by atoms with E-state index in [1.807, 2.05) is 0 Å². The van der Waals surface area contributed by atoms with Crippen molar-refractivity contribution in [2.45, 2.75) is 25.7 Å². The number of allylic oxidation sites excluding steroid dienone is 1. The lowest BCUT2D eigenvalue weighted by molar-refractivity contribution is -0.107. The van der Waals surface area contributed by atoms with Gasteiger partial charge in [-0.15, -0.1) is 0 Å². The zero-order chi connectivity index (χ0) is 7.23. The van der Waals surface area contributed by atoms with Gasteiger partial charge in [0.2, 0.25) is 0 Å². The van der Waals surface area contributed by atoms with Gasteiger partial charge in [0.25, 0.3) is 0 Å². The van der Waals surface area contributed by atoms with Crippen LogP contribution in [0.2, 0.25) is 0 Å². The van der Waals surface area contributed by atoms with Crippen molar-refractivity contribution < 1.29 is 9.53 Å². The predicted octanol–water partition coefficient (Wildman–Crippen LogP) is 1.66. The lowest BCUT2D eigenvalue weighted by Gasteiger charge is -2.11. The summed E-state index contributed by atoms with van der Waals surface area (Å²) in [6.07, 6.45) is 6.47. The molecule has 0 unspecified atom stereocenters. The van der Waals surface area contributed by atoms with Gasteiger partial charge in [0, 0.05) is 6.42 Å². The molecule has 2 heteroatoms. The Kier molecular flexibility index (Phi) is 3.00. The first-order valence-electron chi connectivity index (χ1n) is 3.66.